The summed E-state index contributed by atoms with van der Waals surface area (Å²) in [6, 6.07) is 11.6. The van der Waals surface area contributed by atoms with Crippen molar-refractivity contribution in [2.45, 2.75) is 63.3 Å². The summed E-state index contributed by atoms with van der Waals surface area (Å²) in [5, 5.41) is 38.7. The zero-order valence-electron chi connectivity index (χ0n) is 29.9. The molecule has 3 aliphatic heterocycles. The van der Waals surface area contributed by atoms with Crippen molar-refractivity contribution in [2.24, 2.45) is 0 Å². The normalized spacial score (nSPS) is 22.3. The van der Waals surface area contributed by atoms with E-state index in [9.17, 15) is 20.3 Å². The summed E-state index contributed by atoms with van der Waals surface area (Å²) in [7, 11) is 8.23. The van der Waals surface area contributed by atoms with Gasteiger partial charge in [-0.1, -0.05) is 24.3 Å². The standard InChI is InChI=1S/C39H43N5O7/c1-19-35(48-4)22-17-28-32-31-23(36(49-5)20(2)38(51-7)34(31)46)16-27(43(32)3)29(18-40)44(28)26(30(22)33(45)37(19)50-6)14-15-41-39(47)25-13-12-21-10-8-9-11-24(21)42-25/h8-13,26-29,32,45-46H,14-17H2,1-7H3,(H,41,47)/t26-,27-,28-,29-,32-/m0/s1. The number of amides is 1. The van der Waals surface area contributed by atoms with E-state index >= 15 is 0 Å². The second-order valence-electron chi connectivity index (χ2n) is 13.5. The molecule has 3 N–H and O–H groups in total. The number of carbonyl (C=O) groups is 1. The Kier molecular flexibility index (Phi) is 8.81. The Morgan fingerprint density at radius 1 is 0.882 bits per heavy atom. The van der Waals surface area contributed by atoms with Crippen molar-refractivity contribution in [3.8, 4) is 40.6 Å². The molecule has 7 rings (SSSR count). The number of aromatic hydroxyl groups is 2. The highest BCUT2D eigenvalue weighted by Gasteiger charge is 2.57. The molecule has 0 unspecified atom stereocenters. The lowest BCUT2D eigenvalue weighted by Gasteiger charge is -2.60. The molecule has 2 bridgehead atoms. The number of aromatic nitrogens is 1. The molecule has 12 heteroatoms. The molecule has 3 aromatic carbocycles. The fourth-order valence-corrected chi connectivity index (χ4v) is 9.11. The zero-order chi connectivity index (χ0) is 36.3. The van der Waals surface area contributed by atoms with Crippen LogP contribution in [0.1, 0.15) is 62.4 Å². The van der Waals surface area contributed by atoms with E-state index in [0.717, 1.165) is 22.0 Å². The van der Waals surface area contributed by atoms with E-state index in [1.807, 2.05) is 51.2 Å². The van der Waals surface area contributed by atoms with Crippen LogP contribution in [0.25, 0.3) is 10.9 Å². The molecule has 5 atom stereocenters. The van der Waals surface area contributed by atoms with Crippen LogP contribution in [-0.4, -0.2) is 91.1 Å². The molecule has 4 heterocycles. The first-order valence-corrected chi connectivity index (χ1v) is 17.1. The second kappa shape index (κ2) is 13.1. The second-order valence-corrected chi connectivity index (χ2v) is 13.5. The first-order chi connectivity index (χ1) is 24.6. The Hall–Kier alpha value is -5.25. The average molecular weight is 694 g/mol. The molecule has 0 aliphatic carbocycles. The number of carbonyl (C=O) groups excluding carboxylic acids is 1. The maximum absolute atomic E-state index is 13.4. The number of fused-ring (bicyclic) bond motifs is 8. The maximum Gasteiger partial charge on any atom is 0.269 e. The molecule has 1 fully saturated rings. The van der Waals surface area contributed by atoms with Gasteiger partial charge in [0.1, 0.15) is 23.2 Å². The van der Waals surface area contributed by atoms with Crippen LogP contribution in [0.5, 0.6) is 34.5 Å². The maximum atomic E-state index is 13.4. The van der Waals surface area contributed by atoms with Crippen molar-refractivity contribution in [3.05, 3.63) is 75.5 Å². The SMILES string of the molecule is COc1c(C)c(OC)c2c(c1O)[C@@H]1[C@@H]3Cc4c(OC)c(C)c(OC)c(O)c4[C@H](CCNC(=O)c4ccc5ccccc5n4)N3[C@@H](C#N)[C@H](C2)N1C. The van der Waals surface area contributed by atoms with Crippen molar-refractivity contribution in [1.82, 2.24) is 20.1 Å². The number of piperazine rings is 1. The van der Waals surface area contributed by atoms with Gasteiger partial charge in [0, 0.05) is 63.4 Å². The fourth-order valence-electron chi connectivity index (χ4n) is 9.11. The van der Waals surface area contributed by atoms with E-state index in [1.165, 1.54) is 14.2 Å². The Labute approximate surface area is 297 Å². The molecule has 1 aromatic heterocycles. The van der Waals surface area contributed by atoms with Crippen LogP contribution in [0.4, 0.5) is 0 Å². The largest absolute Gasteiger partial charge is 0.504 e. The summed E-state index contributed by atoms with van der Waals surface area (Å²) in [4.78, 5) is 22.3. The molecule has 266 valence electrons. The quantitative estimate of drug-likeness (QED) is 0.232. The molecule has 4 aromatic rings. The molecule has 12 nitrogen and oxygen atoms in total. The molecule has 1 amide bonds. The summed E-state index contributed by atoms with van der Waals surface area (Å²) in [5.74, 6) is 1.59. The van der Waals surface area contributed by atoms with Crippen LogP contribution in [0, 0.1) is 25.2 Å². The first kappa shape index (κ1) is 34.2. The lowest BCUT2D eigenvalue weighted by Crippen LogP contribution is -2.68. The molecular weight excluding hydrogens is 650 g/mol. The van der Waals surface area contributed by atoms with Crippen molar-refractivity contribution >= 4 is 16.8 Å². The van der Waals surface area contributed by atoms with Gasteiger partial charge >= 0.3 is 0 Å². The minimum absolute atomic E-state index is 0.0141. The van der Waals surface area contributed by atoms with E-state index in [4.69, 9.17) is 18.9 Å². The summed E-state index contributed by atoms with van der Waals surface area (Å²) in [6.07, 6.45) is 1.20. The number of phenolic OH excluding ortho intramolecular Hbond substituents is 2. The summed E-state index contributed by atoms with van der Waals surface area (Å²) in [6.45, 7) is 3.93. The number of phenols is 2. The number of likely N-dealkylation sites (N-methyl/N-ethyl adjacent to an activating group) is 1. The topological polar surface area (TPSA) is 150 Å². The third-order valence-corrected chi connectivity index (χ3v) is 11.2. The van der Waals surface area contributed by atoms with Gasteiger partial charge < -0.3 is 34.5 Å². The minimum Gasteiger partial charge on any atom is -0.504 e. The van der Waals surface area contributed by atoms with Gasteiger partial charge in [-0.2, -0.15) is 5.26 Å². The number of nitriles is 1. The van der Waals surface area contributed by atoms with Crippen LogP contribution in [0.15, 0.2) is 36.4 Å². The van der Waals surface area contributed by atoms with Crippen molar-refractivity contribution in [3.63, 3.8) is 0 Å². The van der Waals surface area contributed by atoms with Crippen molar-refractivity contribution < 1.29 is 34.0 Å². The first-order valence-electron chi connectivity index (χ1n) is 17.1. The number of nitrogens with one attached hydrogen (secondary N) is 1. The van der Waals surface area contributed by atoms with E-state index in [1.54, 1.807) is 20.3 Å². The van der Waals surface area contributed by atoms with Gasteiger partial charge in [-0.05, 0) is 52.3 Å². The highest BCUT2D eigenvalue weighted by atomic mass is 16.5. The molecular formula is C39H43N5O7. The van der Waals surface area contributed by atoms with Crippen LogP contribution < -0.4 is 24.3 Å². The summed E-state index contributed by atoms with van der Waals surface area (Å²) in [5.41, 5.74) is 5.34. The number of nitrogens with zero attached hydrogens (tertiary/aromatic N) is 4. The minimum atomic E-state index is -0.618. The molecule has 0 spiro atoms. The predicted molar refractivity (Wildman–Crippen MR) is 190 cm³/mol. The van der Waals surface area contributed by atoms with Gasteiger partial charge in [-0.25, -0.2) is 4.98 Å². The summed E-state index contributed by atoms with van der Waals surface area (Å²) >= 11 is 0. The average Bonchev–Trinajstić information content (AvgIpc) is 3.12. The van der Waals surface area contributed by atoms with Crippen LogP contribution >= 0.6 is 0 Å². The number of rotatable bonds is 8. The van der Waals surface area contributed by atoms with E-state index in [2.05, 4.69) is 26.2 Å². The monoisotopic (exact) mass is 693 g/mol. The van der Waals surface area contributed by atoms with E-state index in [0.29, 0.717) is 70.2 Å². The number of pyridine rings is 1. The van der Waals surface area contributed by atoms with E-state index < -0.39 is 12.1 Å². The Morgan fingerprint density at radius 2 is 1.47 bits per heavy atom. The van der Waals surface area contributed by atoms with Gasteiger partial charge in [0.05, 0.1) is 46.1 Å². The lowest BCUT2D eigenvalue weighted by molar-refractivity contribution is -0.0746. The smallest absolute Gasteiger partial charge is 0.269 e. The number of benzene rings is 3. The number of hydrogen-bond donors (Lipinski definition) is 3. The van der Waals surface area contributed by atoms with Gasteiger partial charge in [0.2, 0.25) is 0 Å². The van der Waals surface area contributed by atoms with Gasteiger partial charge in [-0.3, -0.25) is 14.6 Å². The number of methoxy groups -OCH3 is 4. The lowest BCUT2D eigenvalue weighted by atomic mass is 9.71. The molecule has 0 saturated carbocycles. The van der Waals surface area contributed by atoms with Crippen LogP contribution in [0.2, 0.25) is 0 Å². The van der Waals surface area contributed by atoms with Crippen molar-refractivity contribution in [2.75, 3.05) is 42.0 Å². The Balaban J connectivity index is 1.36. The Morgan fingerprint density at radius 3 is 2.10 bits per heavy atom. The van der Waals surface area contributed by atoms with E-state index in [-0.39, 0.29) is 42.1 Å². The number of hydrogen-bond acceptors (Lipinski definition) is 11. The summed E-state index contributed by atoms with van der Waals surface area (Å²) < 4.78 is 23.4. The number of ether oxygens (including phenoxy) is 4. The Bertz CT molecular complexity index is 2100. The fraction of sp³-hybridized carbons (Fsp3) is 0.410. The molecule has 1 saturated heterocycles. The van der Waals surface area contributed by atoms with Crippen molar-refractivity contribution in [1.29, 1.82) is 5.26 Å². The van der Waals surface area contributed by atoms with Gasteiger partial charge in [0.15, 0.2) is 23.0 Å². The predicted octanol–water partition coefficient (Wildman–Crippen LogP) is 4.89. The van der Waals surface area contributed by atoms with Gasteiger partial charge in [-0.15, -0.1) is 0 Å². The molecule has 0 radical (unpaired) electrons. The van der Waals surface area contributed by atoms with Crippen LogP contribution in [-0.2, 0) is 12.8 Å². The van der Waals surface area contributed by atoms with Crippen LogP contribution in [0.3, 0.4) is 0 Å². The third kappa shape index (κ3) is 5.09. The molecule has 51 heavy (non-hydrogen) atoms. The zero-order valence-corrected chi connectivity index (χ0v) is 29.9. The van der Waals surface area contributed by atoms with Gasteiger partial charge in [0.25, 0.3) is 5.91 Å². The highest BCUT2D eigenvalue weighted by molar-refractivity contribution is 5.94. The third-order valence-electron chi connectivity index (χ3n) is 11.2. The highest BCUT2D eigenvalue weighted by Crippen LogP contribution is 2.59. The molecule has 3 aliphatic rings. The number of para-hydroxylation sites is 1.